The minimum atomic E-state index is -2.33. The number of halogens is 4. The quantitative estimate of drug-likeness (QED) is 0.432. The second-order valence-corrected chi connectivity index (χ2v) is 0.759. The van der Waals surface area contributed by atoms with E-state index in [1.54, 1.807) is 0 Å². The van der Waals surface area contributed by atoms with Gasteiger partial charge >= 0.3 is 18.7 Å². The van der Waals surface area contributed by atoms with Crippen molar-refractivity contribution in [3.05, 3.63) is 0 Å². The van der Waals surface area contributed by atoms with Crippen molar-refractivity contribution in [2.75, 3.05) is 7.18 Å². The van der Waals surface area contributed by atoms with E-state index in [0.29, 0.717) is 7.18 Å². The van der Waals surface area contributed by atoms with Crippen molar-refractivity contribution in [1.29, 1.82) is 0 Å². The SMILES string of the molecule is CF.O=C(O)F.O=C(O)F.O=C(O)F. The van der Waals surface area contributed by atoms with Gasteiger partial charge in [-0.15, -0.1) is 13.2 Å². The largest absolute Gasteiger partial charge is 0.492 e. The van der Waals surface area contributed by atoms with E-state index in [1.807, 2.05) is 0 Å². The smallest absolute Gasteiger partial charge is 0.456 e. The Kier molecular flexibility index (Phi) is 36.5. The second-order valence-electron chi connectivity index (χ2n) is 0.759. The maximum absolute atomic E-state index is 9.92. The minimum absolute atomic E-state index is 0.500. The number of rotatable bonds is 0. The van der Waals surface area contributed by atoms with E-state index < -0.39 is 18.7 Å². The number of alkyl halides is 1. The van der Waals surface area contributed by atoms with E-state index in [-0.39, 0.29) is 0 Å². The zero-order valence-corrected chi connectivity index (χ0v) is 6.58. The van der Waals surface area contributed by atoms with Crippen molar-refractivity contribution in [1.82, 2.24) is 0 Å². The molecule has 0 aliphatic heterocycles. The van der Waals surface area contributed by atoms with Crippen molar-refractivity contribution in [3.8, 4) is 0 Å². The lowest BCUT2D eigenvalue weighted by Gasteiger charge is -1.53. The van der Waals surface area contributed by atoms with Gasteiger partial charge in [0.15, 0.2) is 0 Å². The topological polar surface area (TPSA) is 112 Å². The Bertz CT molecular complexity index is 119. The monoisotopic (exact) mass is 226 g/mol. The Hall–Kier alpha value is -1.87. The highest BCUT2D eigenvalue weighted by molar-refractivity contribution is 5.55. The molecule has 6 nitrogen and oxygen atoms in total. The van der Waals surface area contributed by atoms with Crippen LogP contribution in [0.5, 0.6) is 0 Å². The molecule has 0 radical (unpaired) electrons. The molecule has 14 heavy (non-hydrogen) atoms. The Balaban J connectivity index is -0.0000000492. The second kappa shape index (κ2) is 22.5. The van der Waals surface area contributed by atoms with Crippen LogP contribution in [0.1, 0.15) is 0 Å². The molecule has 3 N–H and O–H groups in total. The minimum Gasteiger partial charge on any atom is -0.456 e. The van der Waals surface area contributed by atoms with Gasteiger partial charge in [-0.25, -0.2) is 14.4 Å². The van der Waals surface area contributed by atoms with E-state index in [4.69, 9.17) is 29.7 Å². The van der Waals surface area contributed by atoms with Crippen LogP contribution < -0.4 is 0 Å². The molecule has 0 spiro atoms. The maximum atomic E-state index is 9.92. The third-order valence-electron chi connectivity index (χ3n) is 0. The van der Waals surface area contributed by atoms with Gasteiger partial charge in [0.05, 0.1) is 7.18 Å². The lowest BCUT2D eigenvalue weighted by molar-refractivity contribution is 0.167. The molecule has 0 aromatic heterocycles. The van der Waals surface area contributed by atoms with Gasteiger partial charge in [0.2, 0.25) is 0 Å². The van der Waals surface area contributed by atoms with Crippen molar-refractivity contribution < 1.29 is 47.3 Å². The Morgan fingerprint density at radius 3 is 0.714 bits per heavy atom. The number of carbonyl (C=O) groups is 3. The van der Waals surface area contributed by atoms with Crippen LogP contribution in [0, 0.1) is 0 Å². The molecule has 0 aromatic carbocycles. The summed E-state index contributed by atoms with van der Waals surface area (Å²) in [6.07, 6.45) is -7.00. The van der Waals surface area contributed by atoms with Crippen LogP contribution in [0.25, 0.3) is 0 Å². The predicted octanol–water partition coefficient (Wildman–Crippen LogP) is 2.49. The fraction of sp³-hybridized carbons (Fsp3) is 0.250. The van der Waals surface area contributed by atoms with Gasteiger partial charge in [-0.05, 0) is 0 Å². The van der Waals surface area contributed by atoms with Crippen LogP contribution in [0.2, 0.25) is 0 Å². The zero-order chi connectivity index (χ0) is 12.7. The average Bonchev–Trinajstić information content (AvgIpc) is 1.86. The van der Waals surface area contributed by atoms with Crippen LogP contribution in [0.3, 0.4) is 0 Å². The molecule has 0 aromatic rings. The first-order valence-electron chi connectivity index (χ1n) is 2.23. The van der Waals surface area contributed by atoms with Gasteiger partial charge in [0.1, 0.15) is 0 Å². The fourth-order valence-electron chi connectivity index (χ4n) is 0. The van der Waals surface area contributed by atoms with Gasteiger partial charge < -0.3 is 15.3 Å². The molecular weight excluding hydrogens is 220 g/mol. The van der Waals surface area contributed by atoms with Crippen LogP contribution in [-0.2, 0) is 0 Å². The molecule has 0 bridgehead atoms. The Morgan fingerprint density at radius 1 is 0.714 bits per heavy atom. The molecule has 10 heteroatoms. The number of hydrogen-bond donors (Lipinski definition) is 3. The molecular formula is C4H6F4O6. The van der Waals surface area contributed by atoms with E-state index in [0.717, 1.165) is 0 Å². The third-order valence-corrected chi connectivity index (χ3v) is 0. The highest BCUT2D eigenvalue weighted by Crippen LogP contribution is 1.59. The van der Waals surface area contributed by atoms with Crippen molar-refractivity contribution in [2.24, 2.45) is 0 Å². The van der Waals surface area contributed by atoms with E-state index >= 15 is 0 Å². The molecule has 0 unspecified atom stereocenters. The van der Waals surface area contributed by atoms with Gasteiger partial charge in [-0.1, -0.05) is 0 Å². The molecule has 0 rings (SSSR count). The van der Waals surface area contributed by atoms with Crippen LogP contribution in [0.4, 0.5) is 31.9 Å². The van der Waals surface area contributed by atoms with Crippen molar-refractivity contribution >= 4 is 18.7 Å². The normalized spacial score (nSPS) is 5.79. The molecule has 0 heterocycles. The summed E-state index contributed by atoms with van der Waals surface area (Å²) in [6.45, 7) is 0. The van der Waals surface area contributed by atoms with Gasteiger partial charge in [0, 0.05) is 0 Å². The standard InChI is InChI=1S/3CHFO2.CH3F/c3*2-1(3)4;1-2/h3*(H,3,4);1H3. The van der Waals surface area contributed by atoms with Gasteiger partial charge in [-0.2, -0.15) is 0 Å². The molecule has 0 fully saturated rings. The lowest BCUT2D eigenvalue weighted by Crippen LogP contribution is -1.69. The highest BCUT2D eigenvalue weighted by Gasteiger charge is 1.75. The van der Waals surface area contributed by atoms with Crippen LogP contribution >= 0.6 is 0 Å². The Labute approximate surface area is 74.4 Å². The zero-order valence-electron chi connectivity index (χ0n) is 6.58. The summed E-state index contributed by atoms with van der Waals surface area (Å²) < 4.78 is 39.2. The first-order valence-corrected chi connectivity index (χ1v) is 2.23. The first kappa shape index (κ1) is 22.7. The summed E-state index contributed by atoms with van der Waals surface area (Å²) in [7, 11) is 0.500. The summed E-state index contributed by atoms with van der Waals surface area (Å²) in [4.78, 5) is 25.0. The summed E-state index contributed by atoms with van der Waals surface area (Å²) in [5.41, 5.74) is 0. The Morgan fingerprint density at radius 2 is 0.714 bits per heavy atom. The average molecular weight is 226 g/mol. The number of carboxylic acid groups (broad SMARTS) is 3. The van der Waals surface area contributed by atoms with E-state index in [1.165, 1.54) is 0 Å². The van der Waals surface area contributed by atoms with Crippen molar-refractivity contribution in [3.63, 3.8) is 0 Å². The molecule has 0 aliphatic rings. The van der Waals surface area contributed by atoms with Crippen LogP contribution in [0.15, 0.2) is 0 Å². The van der Waals surface area contributed by atoms with Crippen LogP contribution in [-0.4, -0.2) is 41.2 Å². The summed E-state index contributed by atoms with van der Waals surface area (Å²) >= 11 is 0. The number of hydrogen-bond acceptors (Lipinski definition) is 3. The molecule has 86 valence electrons. The lowest BCUT2D eigenvalue weighted by atomic mass is 11.5. The first-order chi connectivity index (χ1) is 6.20. The predicted molar refractivity (Wildman–Crippen MR) is 34.4 cm³/mol. The molecule has 0 aliphatic carbocycles. The van der Waals surface area contributed by atoms with Crippen molar-refractivity contribution in [2.45, 2.75) is 0 Å². The summed E-state index contributed by atoms with van der Waals surface area (Å²) in [6, 6.07) is 0. The molecule has 0 saturated heterocycles. The summed E-state index contributed by atoms with van der Waals surface area (Å²) in [5, 5.41) is 20.2. The summed E-state index contributed by atoms with van der Waals surface area (Å²) in [5.74, 6) is 0. The fourth-order valence-corrected chi connectivity index (χ4v) is 0. The van der Waals surface area contributed by atoms with Gasteiger partial charge in [0.25, 0.3) is 0 Å². The van der Waals surface area contributed by atoms with Gasteiger partial charge in [-0.3, -0.25) is 4.39 Å². The van der Waals surface area contributed by atoms with E-state index in [2.05, 4.69) is 0 Å². The molecule has 0 saturated carbocycles. The maximum Gasteiger partial charge on any atom is 0.492 e. The molecule has 0 atom stereocenters. The van der Waals surface area contributed by atoms with E-state index in [9.17, 15) is 17.6 Å². The third kappa shape index (κ3) is 241. The molecule has 0 amide bonds. The highest BCUT2D eigenvalue weighted by atomic mass is 19.2.